The topological polar surface area (TPSA) is 37.8 Å². The molecular formula is C13H19N4+. The summed E-state index contributed by atoms with van der Waals surface area (Å²) in [5.41, 5.74) is 1.81. The van der Waals surface area contributed by atoms with Crippen LogP contribution in [0.25, 0.3) is 0 Å². The van der Waals surface area contributed by atoms with Crippen LogP contribution in [0.3, 0.4) is 0 Å². The van der Waals surface area contributed by atoms with Crippen LogP contribution in [-0.2, 0) is 0 Å². The van der Waals surface area contributed by atoms with Gasteiger partial charge in [0.15, 0.2) is 5.69 Å². The molecule has 3 aliphatic heterocycles. The van der Waals surface area contributed by atoms with E-state index in [1.165, 1.54) is 51.1 Å². The highest BCUT2D eigenvalue weighted by Gasteiger charge is 2.67. The second kappa shape index (κ2) is 3.27. The van der Waals surface area contributed by atoms with Crippen LogP contribution in [0, 0.1) is 5.92 Å². The summed E-state index contributed by atoms with van der Waals surface area (Å²) in [4.78, 5) is 8.50. The maximum absolute atomic E-state index is 4.25. The number of piperidine rings is 1. The molecule has 0 aliphatic carbocycles. The minimum Gasteiger partial charge on any atom is -0.311 e. The average molecular weight is 231 g/mol. The predicted octanol–water partition coefficient (Wildman–Crippen LogP) is 0.940. The molecule has 4 heteroatoms. The Bertz CT molecular complexity index is 416. The number of hydrogen-bond donors (Lipinski definition) is 1. The highest BCUT2D eigenvalue weighted by molar-refractivity contribution is 5.46. The zero-order valence-corrected chi connectivity index (χ0v) is 10.1. The molecule has 1 aromatic rings. The maximum atomic E-state index is 4.25. The monoisotopic (exact) mass is 231 g/mol. The third-order valence-electron chi connectivity index (χ3n) is 5.54. The van der Waals surface area contributed by atoms with E-state index in [0.717, 1.165) is 10.4 Å². The normalized spacial score (nSPS) is 43.6. The summed E-state index contributed by atoms with van der Waals surface area (Å²) >= 11 is 0. The number of rotatable bonds is 1. The Morgan fingerprint density at radius 3 is 2.65 bits per heavy atom. The first-order valence-electron chi connectivity index (χ1n) is 6.71. The van der Waals surface area contributed by atoms with Crippen molar-refractivity contribution < 1.29 is 0 Å². The molecule has 3 fully saturated rings. The standard InChI is InChI=1S/C13H19N4/c1-5-17(12-7-15-10-16-8-12)6-2-11(1)13(17)3-4-14-9-13/h7-8,10-11,14H,1-6,9H2/q+1. The zero-order chi connectivity index (χ0) is 11.3. The molecule has 1 spiro atoms. The molecule has 0 radical (unpaired) electrons. The van der Waals surface area contributed by atoms with Crippen molar-refractivity contribution in [2.24, 2.45) is 5.92 Å². The summed E-state index contributed by atoms with van der Waals surface area (Å²) in [7, 11) is 0. The molecule has 0 aromatic carbocycles. The van der Waals surface area contributed by atoms with Gasteiger partial charge in [0.1, 0.15) is 11.9 Å². The Kier molecular flexibility index (Phi) is 1.92. The smallest absolute Gasteiger partial charge is 0.170 e. The maximum Gasteiger partial charge on any atom is 0.170 e. The number of nitrogens with zero attached hydrogens (tertiary/aromatic N) is 3. The summed E-state index contributed by atoms with van der Waals surface area (Å²) in [6.07, 6.45) is 9.83. The molecular weight excluding hydrogens is 212 g/mol. The Morgan fingerprint density at radius 1 is 1.24 bits per heavy atom. The van der Waals surface area contributed by atoms with E-state index >= 15 is 0 Å². The highest BCUT2D eigenvalue weighted by atomic mass is 15.5. The quantitative estimate of drug-likeness (QED) is 0.731. The van der Waals surface area contributed by atoms with Gasteiger partial charge in [-0.05, 0) is 0 Å². The minimum atomic E-state index is 0.463. The van der Waals surface area contributed by atoms with Gasteiger partial charge in [-0.15, -0.1) is 0 Å². The van der Waals surface area contributed by atoms with E-state index in [1.54, 1.807) is 6.33 Å². The van der Waals surface area contributed by atoms with Crippen molar-refractivity contribution in [3.05, 3.63) is 18.7 Å². The van der Waals surface area contributed by atoms with Gasteiger partial charge in [0.25, 0.3) is 0 Å². The number of nitrogens with one attached hydrogen (secondary N) is 1. The van der Waals surface area contributed by atoms with Crippen LogP contribution in [0.5, 0.6) is 0 Å². The Balaban J connectivity index is 1.86. The van der Waals surface area contributed by atoms with Gasteiger partial charge < -0.3 is 5.32 Å². The van der Waals surface area contributed by atoms with E-state index in [1.807, 2.05) is 12.4 Å². The van der Waals surface area contributed by atoms with Gasteiger partial charge in [-0.1, -0.05) is 0 Å². The van der Waals surface area contributed by atoms with E-state index in [0.29, 0.717) is 5.54 Å². The first-order valence-corrected chi connectivity index (χ1v) is 6.71. The van der Waals surface area contributed by atoms with Crippen LogP contribution in [0.1, 0.15) is 19.3 Å². The van der Waals surface area contributed by atoms with Crippen LogP contribution in [0.4, 0.5) is 5.69 Å². The van der Waals surface area contributed by atoms with Gasteiger partial charge in [-0.3, -0.25) is 4.48 Å². The van der Waals surface area contributed by atoms with Gasteiger partial charge >= 0.3 is 0 Å². The number of aromatic nitrogens is 2. The Hall–Kier alpha value is -1.00. The van der Waals surface area contributed by atoms with E-state index in [4.69, 9.17) is 0 Å². The highest BCUT2D eigenvalue weighted by Crippen LogP contribution is 2.54. The Morgan fingerprint density at radius 2 is 2.00 bits per heavy atom. The first-order chi connectivity index (χ1) is 8.37. The van der Waals surface area contributed by atoms with Crippen molar-refractivity contribution >= 4 is 5.69 Å². The van der Waals surface area contributed by atoms with Gasteiger partial charge in [-0.25, -0.2) is 9.97 Å². The molecule has 3 saturated heterocycles. The van der Waals surface area contributed by atoms with Crippen molar-refractivity contribution in [1.82, 2.24) is 19.8 Å². The van der Waals surface area contributed by atoms with E-state index in [9.17, 15) is 0 Å². The minimum absolute atomic E-state index is 0.463. The first kappa shape index (κ1) is 9.97. The lowest BCUT2D eigenvalue weighted by Crippen LogP contribution is -2.61. The average Bonchev–Trinajstić information content (AvgIpc) is 3.09. The van der Waals surface area contributed by atoms with Gasteiger partial charge in [0, 0.05) is 31.7 Å². The van der Waals surface area contributed by atoms with Crippen molar-refractivity contribution in [2.45, 2.75) is 24.8 Å². The fourth-order valence-corrected chi connectivity index (χ4v) is 4.78. The van der Waals surface area contributed by atoms with Crippen LogP contribution < -0.4 is 9.80 Å². The fraction of sp³-hybridized carbons (Fsp3) is 0.692. The number of quaternary nitrogens is 1. The lowest BCUT2D eigenvalue weighted by atomic mass is 9.84. The predicted molar refractivity (Wildman–Crippen MR) is 66.5 cm³/mol. The molecule has 4 nitrogen and oxygen atoms in total. The molecule has 4 rings (SSSR count). The van der Waals surface area contributed by atoms with Gasteiger partial charge in [0.05, 0.1) is 32.0 Å². The molecule has 0 amide bonds. The molecule has 1 N–H and O–H groups in total. The molecule has 1 unspecified atom stereocenters. The van der Waals surface area contributed by atoms with Gasteiger partial charge in [0.2, 0.25) is 0 Å². The van der Waals surface area contributed by atoms with Crippen LogP contribution in [0.15, 0.2) is 18.7 Å². The second-order valence-electron chi connectivity index (χ2n) is 5.82. The lowest BCUT2D eigenvalue weighted by Gasteiger charge is -2.42. The Labute approximate surface area is 102 Å². The summed E-state index contributed by atoms with van der Waals surface area (Å²) in [6.45, 7) is 4.95. The second-order valence-corrected chi connectivity index (χ2v) is 5.82. The molecule has 17 heavy (non-hydrogen) atoms. The van der Waals surface area contributed by atoms with Gasteiger partial charge in [-0.2, -0.15) is 0 Å². The van der Waals surface area contributed by atoms with E-state index < -0.39 is 0 Å². The molecule has 3 aliphatic rings. The van der Waals surface area contributed by atoms with E-state index in [-0.39, 0.29) is 0 Å². The molecule has 1 aromatic heterocycles. The van der Waals surface area contributed by atoms with Crippen LogP contribution >= 0.6 is 0 Å². The molecule has 4 heterocycles. The largest absolute Gasteiger partial charge is 0.311 e. The zero-order valence-electron chi connectivity index (χ0n) is 10.1. The van der Waals surface area contributed by atoms with Crippen molar-refractivity contribution in [2.75, 3.05) is 26.2 Å². The molecule has 2 bridgehead atoms. The third-order valence-corrected chi connectivity index (χ3v) is 5.54. The SMILES string of the molecule is c1ncc([N+]23CCC(CC2)C32CCNC2)cn1. The third kappa shape index (κ3) is 1.06. The molecule has 1 atom stereocenters. The van der Waals surface area contributed by atoms with E-state index in [2.05, 4.69) is 15.3 Å². The van der Waals surface area contributed by atoms with Crippen LogP contribution in [-0.4, -0.2) is 41.7 Å². The molecule has 0 saturated carbocycles. The number of hydrogen-bond acceptors (Lipinski definition) is 3. The van der Waals surface area contributed by atoms with Crippen LogP contribution in [0.2, 0.25) is 0 Å². The van der Waals surface area contributed by atoms with Crippen molar-refractivity contribution in [3.63, 3.8) is 0 Å². The van der Waals surface area contributed by atoms with Crippen molar-refractivity contribution in [1.29, 1.82) is 0 Å². The fourth-order valence-electron chi connectivity index (χ4n) is 4.78. The summed E-state index contributed by atoms with van der Waals surface area (Å²) in [5.74, 6) is 0.915. The summed E-state index contributed by atoms with van der Waals surface area (Å²) < 4.78 is 1.16. The van der Waals surface area contributed by atoms with Crippen molar-refractivity contribution in [3.8, 4) is 0 Å². The lowest BCUT2D eigenvalue weighted by molar-refractivity contribution is 0.192. The summed E-state index contributed by atoms with van der Waals surface area (Å²) in [5, 5.41) is 3.59. The molecule has 90 valence electrons. The summed E-state index contributed by atoms with van der Waals surface area (Å²) in [6, 6.07) is 0.